The van der Waals surface area contributed by atoms with Crippen LogP contribution in [0, 0.1) is 11.8 Å². The highest BCUT2D eigenvalue weighted by Gasteiger charge is 2.46. The Labute approximate surface area is 171 Å². The van der Waals surface area contributed by atoms with E-state index >= 15 is 0 Å². The maximum atomic E-state index is 13.0. The summed E-state index contributed by atoms with van der Waals surface area (Å²) in [6.07, 6.45) is -3.71. The van der Waals surface area contributed by atoms with E-state index < -0.39 is 30.0 Å². The van der Waals surface area contributed by atoms with Crippen molar-refractivity contribution in [1.82, 2.24) is 20.9 Å². The van der Waals surface area contributed by atoms with E-state index in [-0.39, 0.29) is 37.9 Å². The highest BCUT2D eigenvalue weighted by Crippen LogP contribution is 2.34. The first kappa shape index (κ1) is 20.8. The number of halogens is 3. The first-order chi connectivity index (χ1) is 14.2. The molecule has 0 bridgehead atoms. The molecule has 162 valence electrons. The molecule has 3 aliphatic heterocycles. The second-order valence-electron chi connectivity index (χ2n) is 8.09. The number of nitrogens with one attached hydrogen (secondary N) is 3. The third-order valence-corrected chi connectivity index (χ3v) is 6.08. The van der Waals surface area contributed by atoms with E-state index in [9.17, 15) is 27.6 Å². The van der Waals surface area contributed by atoms with Crippen LogP contribution in [0.15, 0.2) is 18.2 Å². The number of piperidine rings is 1. The summed E-state index contributed by atoms with van der Waals surface area (Å²) in [5.74, 6) is -2.89. The quantitative estimate of drug-likeness (QED) is 0.612. The van der Waals surface area contributed by atoms with Crippen molar-refractivity contribution in [2.45, 2.75) is 38.1 Å². The molecule has 3 aliphatic rings. The number of imide groups is 1. The van der Waals surface area contributed by atoms with Gasteiger partial charge in [-0.15, -0.1) is 0 Å². The molecule has 3 amide bonds. The van der Waals surface area contributed by atoms with Gasteiger partial charge in [-0.1, -0.05) is 12.1 Å². The number of rotatable bonds is 5. The number of carbonyl (C=O) groups is 3. The molecule has 2 fully saturated rings. The molecule has 1 unspecified atom stereocenters. The van der Waals surface area contributed by atoms with Crippen LogP contribution >= 0.6 is 0 Å². The van der Waals surface area contributed by atoms with Gasteiger partial charge in [0.25, 0.3) is 5.91 Å². The predicted octanol–water partition coefficient (Wildman–Crippen LogP) is 0.935. The molecule has 30 heavy (non-hydrogen) atoms. The van der Waals surface area contributed by atoms with Crippen LogP contribution in [0.3, 0.4) is 0 Å². The van der Waals surface area contributed by atoms with E-state index in [2.05, 4.69) is 16.0 Å². The van der Waals surface area contributed by atoms with Gasteiger partial charge in [0.2, 0.25) is 11.8 Å². The second kappa shape index (κ2) is 7.99. The Morgan fingerprint density at radius 1 is 1.17 bits per heavy atom. The van der Waals surface area contributed by atoms with Crippen molar-refractivity contribution in [3.8, 4) is 0 Å². The minimum atomic E-state index is -4.21. The zero-order chi connectivity index (χ0) is 21.5. The van der Waals surface area contributed by atoms with Crippen LogP contribution in [0.2, 0.25) is 0 Å². The third kappa shape index (κ3) is 4.06. The topological polar surface area (TPSA) is 90.5 Å². The van der Waals surface area contributed by atoms with Crippen molar-refractivity contribution in [1.29, 1.82) is 0 Å². The molecule has 0 spiro atoms. The zero-order valence-electron chi connectivity index (χ0n) is 16.2. The fourth-order valence-corrected chi connectivity index (χ4v) is 4.47. The molecule has 0 aliphatic carbocycles. The van der Waals surface area contributed by atoms with Crippen LogP contribution < -0.4 is 16.0 Å². The monoisotopic (exact) mass is 424 g/mol. The van der Waals surface area contributed by atoms with E-state index in [1.165, 1.54) is 4.90 Å². The number of alkyl halides is 3. The average Bonchev–Trinajstić information content (AvgIpc) is 3.27. The summed E-state index contributed by atoms with van der Waals surface area (Å²) >= 11 is 0. The largest absolute Gasteiger partial charge is 0.393 e. The van der Waals surface area contributed by atoms with Crippen molar-refractivity contribution in [2.24, 2.45) is 11.8 Å². The normalized spacial score (nSPS) is 26.8. The number of benzene rings is 1. The summed E-state index contributed by atoms with van der Waals surface area (Å²) in [7, 11) is 0. The average molecular weight is 424 g/mol. The standard InChI is InChI=1S/C20H23F3N4O3/c21-20(22,23)15-9-25-8-13(15)7-24-6-11-1-2-14-12(5-11)10-27(19(14)30)16-3-4-17(28)26-18(16)29/h1-2,5,13,15-16,24-25H,3-4,6-10H2,(H,26,28,29)/t13-,15-,16?/m1/s1. The van der Waals surface area contributed by atoms with Crippen LogP contribution in [-0.2, 0) is 22.7 Å². The van der Waals surface area contributed by atoms with E-state index in [4.69, 9.17) is 0 Å². The number of hydrogen-bond donors (Lipinski definition) is 3. The van der Waals surface area contributed by atoms with Gasteiger partial charge >= 0.3 is 6.18 Å². The Bertz CT molecular complexity index is 873. The maximum absolute atomic E-state index is 13.0. The summed E-state index contributed by atoms with van der Waals surface area (Å²) < 4.78 is 39.1. The lowest BCUT2D eigenvalue weighted by molar-refractivity contribution is -0.178. The number of carbonyl (C=O) groups excluding carboxylic acids is 3. The lowest BCUT2D eigenvalue weighted by Gasteiger charge is -2.29. The maximum Gasteiger partial charge on any atom is 0.393 e. The highest BCUT2D eigenvalue weighted by atomic mass is 19.4. The summed E-state index contributed by atoms with van der Waals surface area (Å²) in [5.41, 5.74) is 2.15. The van der Waals surface area contributed by atoms with Gasteiger partial charge in [-0.3, -0.25) is 19.7 Å². The summed E-state index contributed by atoms with van der Waals surface area (Å²) in [5, 5.41) is 8.16. The first-order valence-corrected chi connectivity index (χ1v) is 9.98. The van der Waals surface area contributed by atoms with Gasteiger partial charge in [0.15, 0.2) is 0 Å². The molecule has 2 saturated heterocycles. The number of nitrogens with zero attached hydrogens (tertiary/aromatic N) is 1. The zero-order valence-corrected chi connectivity index (χ0v) is 16.2. The molecule has 10 heteroatoms. The number of amides is 3. The SMILES string of the molecule is O=C1CCC(N2Cc3cc(CNC[C@@H]4CNC[C@H]4C(F)(F)F)ccc3C2=O)C(=O)N1. The van der Waals surface area contributed by atoms with Crippen molar-refractivity contribution < 1.29 is 27.6 Å². The van der Waals surface area contributed by atoms with Crippen molar-refractivity contribution in [3.05, 3.63) is 34.9 Å². The molecule has 1 aromatic carbocycles. The summed E-state index contributed by atoms with van der Waals surface area (Å²) in [4.78, 5) is 37.6. The molecule has 3 N–H and O–H groups in total. The molecule has 1 aromatic rings. The molecule has 3 heterocycles. The van der Waals surface area contributed by atoms with E-state index in [0.717, 1.165) is 11.1 Å². The third-order valence-electron chi connectivity index (χ3n) is 6.08. The second-order valence-corrected chi connectivity index (χ2v) is 8.09. The minimum absolute atomic E-state index is 0.0486. The van der Waals surface area contributed by atoms with Gasteiger partial charge in [-0.25, -0.2) is 0 Å². The van der Waals surface area contributed by atoms with Crippen LogP contribution in [0.4, 0.5) is 13.2 Å². The van der Waals surface area contributed by atoms with Gasteiger partial charge < -0.3 is 15.5 Å². The minimum Gasteiger partial charge on any atom is -0.322 e. The van der Waals surface area contributed by atoms with Gasteiger partial charge in [0.1, 0.15) is 6.04 Å². The lowest BCUT2D eigenvalue weighted by atomic mass is 9.95. The molecule has 0 radical (unpaired) electrons. The van der Waals surface area contributed by atoms with Crippen molar-refractivity contribution >= 4 is 17.7 Å². The Morgan fingerprint density at radius 3 is 2.70 bits per heavy atom. The lowest BCUT2D eigenvalue weighted by Crippen LogP contribution is -2.52. The Hall–Kier alpha value is -2.46. The number of fused-ring (bicyclic) bond motifs is 1. The first-order valence-electron chi connectivity index (χ1n) is 9.98. The Morgan fingerprint density at radius 2 is 1.97 bits per heavy atom. The van der Waals surface area contributed by atoms with E-state index in [1.54, 1.807) is 12.1 Å². The highest BCUT2D eigenvalue weighted by molar-refractivity contribution is 6.05. The fraction of sp³-hybridized carbons (Fsp3) is 0.550. The molecular formula is C20H23F3N4O3. The van der Waals surface area contributed by atoms with Crippen LogP contribution in [-0.4, -0.2) is 54.5 Å². The molecule has 0 aromatic heterocycles. The predicted molar refractivity (Wildman–Crippen MR) is 100 cm³/mol. The smallest absolute Gasteiger partial charge is 0.322 e. The summed E-state index contributed by atoms with van der Waals surface area (Å²) in [6, 6.07) is 4.64. The number of hydrogen-bond acceptors (Lipinski definition) is 5. The van der Waals surface area contributed by atoms with Crippen LogP contribution in [0.5, 0.6) is 0 Å². The molecule has 0 saturated carbocycles. The molecule has 4 rings (SSSR count). The molecule has 3 atom stereocenters. The van der Waals surface area contributed by atoms with Gasteiger partial charge in [-0.2, -0.15) is 13.2 Å². The molecule has 7 nitrogen and oxygen atoms in total. The van der Waals surface area contributed by atoms with E-state index in [1.807, 2.05) is 6.07 Å². The van der Waals surface area contributed by atoms with Crippen molar-refractivity contribution in [3.63, 3.8) is 0 Å². The van der Waals surface area contributed by atoms with E-state index in [0.29, 0.717) is 25.1 Å². The fourth-order valence-electron chi connectivity index (χ4n) is 4.47. The summed E-state index contributed by atoms with van der Waals surface area (Å²) in [6.45, 7) is 1.19. The Kier molecular flexibility index (Phi) is 5.54. The van der Waals surface area contributed by atoms with Gasteiger partial charge in [0, 0.05) is 38.2 Å². The van der Waals surface area contributed by atoms with Gasteiger partial charge in [-0.05, 0) is 36.1 Å². The Balaban J connectivity index is 1.36. The van der Waals surface area contributed by atoms with Crippen molar-refractivity contribution in [2.75, 3.05) is 19.6 Å². The molecular weight excluding hydrogens is 401 g/mol. The van der Waals surface area contributed by atoms with Gasteiger partial charge in [0.05, 0.1) is 5.92 Å². The van der Waals surface area contributed by atoms with Crippen LogP contribution in [0.25, 0.3) is 0 Å². The van der Waals surface area contributed by atoms with Crippen LogP contribution in [0.1, 0.15) is 34.3 Å².